The van der Waals surface area contributed by atoms with E-state index in [-0.39, 0.29) is 6.61 Å². The summed E-state index contributed by atoms with van der Waals surface area (Å²) >= 11 is 0. The van der Waals surface area contributed by atoms with E-state index >= 15 is 0 Å². The van der Waals surface area contributed by atoms with Gasteiger partial charge in [0, 0.05) is 6.21 Å². The van der Waals surface area contributed by atoms with Crippen LogP contribution in [0, 0.1) is 0 Å². The first-order valence-corrected chi connectivity index (χ1v) is 5.46. The first-order valence-electron chi connectivity index (χ1n) is 5.46. The number of amides is 1. The molecule has 0 radical (unpaired) electrons. The van der Waals surface area contributed by atoms with Crippen LogP contribution in [0.5, 0.6) is 0 Å². The molecule has 0 aliphatic heterocycles. The maximum atomic E-state index is 11.0. The van der Waals surface area contributed by atoms with Crippen molar-refractivity contribution in [2.75, 3.05) is 6.61 Å². The predicted molar refractivity (Wildman–Crippen MR) is 68.7 cm³/mol. The molecule has 0 bridgehead atoms. The molecule has 0 aliphatic carbocycles. The average Bonchev–Trinajstić information content (AvgIpc) is 2.39. The number of allylic oxidation sites excluding steroid dienone is 1. The molecule has 0 unspecified atom stereocenters. The molecule has 1 amide bonds. The molecule has 1 rings (SSSR count). The van der Waals surface area contributed by atoms with Crippen molar-refractivity contribution in [1.82, 2.24) is 5.43 Å². The van der Waals surface area contributed by atoms with Crippen molar-refractivity contribution >= 4 is 24.2 Å². The molecule has 5 nitrogen and oxygen atoms in total. The number of rotatable bonds is 4. The fraction of sp³-hybridized carbons (Fsp3) is 0.154. The fourth-order valence-electron chi connectivity index (χ4n) is 1.10. The van der Waals surface area contributed by atoms with Gasteiger partial charge in [-0.25, -0.2) is 10.2 Å². The normalized spacial score (nSPS) is 10.7. The van der Waals surface area contributed by atoms with Gasteiger partial charge in [-0.3, -0.25) is 4.79 Å². The van der Waals surface area contributed by atoms with E-state index in [9.17, 15) is 9.59 Å². The van der Waals surface area contributed by atoms with E-state index in [0.29, 0.717) is 0 Å². The quantitative estimate of drug-likeness (QED) is 0.377. The number of carbonyl (C=O) groups excluding carboxylic acids is 2. The van der Waals surface area contributed by atoms with E-state index in [2.05, 4.69) is 15.3 Å². The summed E-state index contributed by atoms with van der Waals surface area (Å²) in [5.41, 5.74) is 3.07. The summed E-state index contributed by atoms with van der Waals surface area (Å²) in [5, 5.41) is 3.58. The lowest BCUT2D eigenvalue weighted by Gasteiger charge is -1.98. The zero-order valence-electron chi connectivity index (χ0n) is 10.00. The van der Waals surface area contributed by atoms with Crippen molar-refractivity contribution in [2.24, 2.45) is 5.10 Å². The summed E-state index contributed by atoms with van der Waals surface area (Å²) in [6.45, 7) is 1.78. The molecule has 94 valence electrons. The molecule has 0 atom stereocenters. The fourth-order valence-corrected chi connectivity index (χ4v) is 1.10. The molecular formula is C13H14N2O3. The van der Waals surface area contributed by atoms with Crippen LogP contribution in [-0.2, 0) is 14.3 Å². The van der Waals surface area contributed by atoms with Crippen molar-refractivity contribution in [3.8, 4) is 0 Å². The molecule has 18 heavy (non-hydrogen) atoms. The Balaban J connectivity index is 2.36. The van der Waals surface area contributed by atoms with Gasteiger partial charge in [0.2, 0.25) is 0 Å². The number of ether oxygens (including phenoxy) is 1. The molecule has 1 aromatic carbocycles. The van der Waals surface area contributed by atoms with Gasteiger partial charge in [-0.1, -0.05) is 36.4 Å². The Bertz CT molecular complexity index is 453. The average molecular weight is 246 g/mol. The molecule has 0 aliphatic rings. The van der Waals surface area contributed by atoms with Crippen LogP contribution in [-0.4, -0.2) is 24.7 Å². The van der Waals surface area contributed by atoms with Crippen LogP contribution in [0.25, 0.3) is 6.08 Å². The van der Waals surface area contributed by atoms with Crippen LogP contribution in [0.3, 0.4) is 0 Å². The molecule has 0 saturated heterocycles. The largest absolute Gasteiger partial charge is 0.459 e. The number of nitrogens with zero attached hydrogens (tertiary/aromatic N) is 1. The maximum absolute atomic E-state index is 11.0. The van der Waals surface area contributed by atoms with Gasteiger partial charge in [0.15, 0.2) is 0 Å². The van der Waals surface area contributed by atoms with Gasteiger partial charge in [-0.2, -0.15) is 5.10 Å². The summed E-state index contributed by atoms with van der Waals surface area (Å²) in [5.74, 6) is -1.83. The Morgan fingerprint density at radius 1 is 1.33 bits per heavy atom. The molecule has 1 N–H and O–H groups in total. The number of esters is 1. The zero-order valence-corrected chi connectivity index (χ0v) is 10.00. The summed E-state index contributed by atoms with van der Waals surface area (Å²) in [4.78, 5) is 21.9. The van der Waals surface area contributed by atoms with Gasteiger partial charge < -0.3 is 4.74 Å². The summed E-state index contributed by atoms with van der Waals surface area (Å²) < 4.78 is 4.49. The number of nitrogens with one attached hydrogen (secondary N) is 1. The number of carbonyl (C=O) groups is 2. The van der Waals surface area contributed by atoms with Crippen LogP contribution in [0.4, 0.5) is 0 Å². The van der Waals surface area contributed by atoms with E-state index in [1.54, 1.807) is 13.0 Å². The summed E-state index contributed by atoms with van der Waals surface area (Å²) in [6.07, 6.45) is 4.85. The highest BCUT2D eigenvalue weighted by Crippen LogP contribution is 1.99. The molecular weight excluding hydrogens is 232 g/mol. The lowest BCUT2D eigenvalue weighted by molar-refractivity contribution is -0.154. The third kappa shape index (κ3) is 5.07. The lowest BCUT2D eigenvalue weighted by atomic mass is 10.2. The van der Waals surface area contributed by atoms with Crippen LogP contribution in [0.2, 0.25) is 0 Å². The standard InChI is InChI=1S/C13H14N2O3/c1-2-18-13(17)12(16)15-14-10-6-9-11-7-4-3-5-8-11/h3-10H,2H2,1H3,(H,15,16)/b9-6+,14-10+. The summed E-state index contributed by atoms with van der Waals surface area (Å²) in [6, 6.07) is 9.62. The van der Waals surface area contributed by atoms with Gasteiger partial charge in [0.25, 0.3) is 0 Å². The van der Waals surface area contributed by atoms with Crippen LogP contribution in [0.1, 0.15) is 12.5 Å². The Hall–Kier alpha value is -2.43. The van der Waals surface area contributed by atoms with E-state index in [0.717, 1.165) is 5.56 Å². The summed E-state index contributed by atoms with van der Waals surface area (Å²) in [7, 11) is 0. The molecule has 0 heterocycles. The van der Waals surface area contributed by atoms with E-state index in [1.807, 2.05) is 36.4 Å². The molecule has 5 heteroatoms. The Morgan fingerprint density at radius 3 is 2.72 bits per heavy atom. The van der Waals surface area contributed by atoms with Gasteiger partial charge in [0.05, 0.1) is 6.61 Å². The van der Waals surface area contributed by atoms with Gasteiger partial charge in [0.1, 0.15) is 0 Å². The highest BCUT2D eigenvalue weighted by Gasteiger charge is 2.12. The van der Waals surface area contributed by atoms with Crippen LogP contribution < -0.4 is 5.43 Å². The number of hydrogen-bond acceptors (Lipinski definition) is 4. The highest BCUT2D eigenvalue weighted by molar-refractivity contribution is 6.32. The van der Waals surface area contributed by atoms with Crippen molar-refractivity contribution < 1.29 is 14.3 Å². The van der Waals surface area contributed by atoms with E-state index < -0.39 is 11.9 Å². The molecule has 0 saturated carbocycles. The van der Waals surface area contributed by atoms with Crippen molar-refractivity contribution in [1.29, 1.82) is 0 Å². The number of hydrazone groups is 1. The minimum Gasteiger partial charge on any atom is -0.459 e. The first kappa shape index (κ1) is 13.6. The minimum atomic E-state index is -0.943. The highest BCUT2D eigenvalue weighted by atomic mass is 16.5. The molecule has 1 aromatic rings. The third-order valence-corrected chi connectivity index (χ3v) is 1.88. The van der Waals surface area contributed by atoms with Gasteiger partial charge in [-0.15, -0.1) is 0 Å². The molecule has 0 fully saturated rings. The van der Waals surface area contributed by atoms with Crippen molar-refractivity contribution in [2.45, 2.75) is 6.92 Å². The Labute approximate surface area is 105 Å². The van der Waals surface area contributed by atoms with Crippen LogP contribution in [0.15, 0.2) is 41.5 Å². The second-order valence-electron chi connectivity index (χ2n) is 3.21. The number of benzene rings is 1. The van der Waals surface area contributed by atoms with Gasteiger partial charge in [-0.05, 0) is 18.6 Å². The first-order chi connectivity index (χ1) is 8.74. The van der Waals surface area contributed by atoms with Crippen molar-refractivity contribution in [3.63, 3.8) is 0 Å². The Kier molecular flexibility index (Phi) is 5.89. The topological polar surface area (TPSA) is 67.8 Å². The minimum absolute atomic E-state index is 0.157. The monoisotopic (exact) mass is 246 g/mol. The van der Waals surface area contributed by atoms with E-state index in [1.165, 1.54) is 6.21 Å². The van der Waals surface area contributed by atoms with Gasteiger partial charge >= 0.3 is 11.9 Å². The third-order valence-electron chi connectivity index (χ3n) is 1.88. The number of hydrogen-bond donors (Lipinski definition) is 1. The second-order valence-corrected chi connectivity index (χ2v) is 3.21. The predicted octanol–water partition coefficient (Wildman–Crippen LogP) is 1.36. The lowest BCUT2D eigenvalue weighted by Crippen LogP contribution is -2.28. The van der Waals surface area contributed by atoms with Crippen LogP contribution >= 0.6 is 0 Å². The second kappa shape index (κ2) is 7.78. The zero-order chi connectivity index (χ0) is 13.2. The molecule has 0 aromatic heterocycles. The maximum Gasteiger partial charge on any atom is 0.398 e. The smallest absolute Gasteiger partial charge is 0.398 e. The Morgan fingerprint density at radius 2 is 2.06 bits per heavy atom. The van der Waals surface area contributed by atoms with E-state index in [4.69, 9.17) is 0 Å². The van der Waals surface area contributed by atoms with Crippen molar-refractivity contribution in [3.05, 3.63) is 42.0 Å². The molecule has 0 spiro atoms. The SMILES string of the molecule is CCOC(=O)C(=O)N/N=C/C=C/c1ccccc1.